The molecule has 0 bridgehead atoms. The summed E-state index contributed by atoms with van der Waals surface area (Å²) in [5.74, 6) is 0.706. The Morgan fingerprint density at radius 3 is 2.70 bits per heavy atom. The van der Waals surface area contributed by atoms with Crippen LogP contribution in [-0.4, -0.2) is 19.6 Å². The first-order chi connectivity index (χ1) is 9.13. The van der Waals surface area contributed by atoms with E-state index in [0.29, 0.717) is 12.0 Å². The van der Waals surface area contributed by atoms with Gasteiger partial charge in [0.25, 0.3) is 0 Å². The molecule has 5 nitrogen and oxygen atoms in total. The van der Waals surface area contributed by atoms with Crippen LogP contribution in [0.3, 0.4) is 0 Å². The highest BCUT2D eigenvalue weighted by atomic mass is 35.5. The third kappa shape index (κ3) is 3.15. The second-order valence-electron chi connectivity index (χ2n) is 5.63. The molecule has 0 unspecified atom stereocenters. The van der Waals surface area contributed by atoms with Crippen LogP contribution in [0.2, 0.25) is 0 Å². The van der Waals surface area contributed by atoms with Crippen molar-refractivity contribution in [3.63, 3.8) is 0 Å². The standard InChI is InChI=1S/C14H21N5.ClH/c1-10(2)19-13(6-14(17-19)11-4-5-11)8-15-12-7-16-18(3)9-12;/h6-7,9-11,15H,4-5,8H2,1-3H3;1H. The second-order valence-corrected chi connectivity index (χ2v) is 5.63. The summed E-state index contributed by atoms with van der Waals surface area (Å²) in [6.07, 6.45) is 6.42. The Hall–Kier alpha value is -1.49. The van der Waals surface area contributed by atoms with Gasteiger partial charge in [-0.1, -0.05) is 0 Å². The van der Waals surface area contributed by atoms with E-state index >= 15 is 0 Å². The smallest absolute Gasteiger partial charge is 0.0729 e. The number of nitrogens with zero attached hydrogens (tertiary/aromatic N) is 4. The van der Waals surface area contributed by atoms with Crippen LogP contribution in [0.4, 0.5) is 5.69 Å². The molecule has 1 aliphatic rings. The third-order valence-corrected chi connectivity index (χ3v) is 3.50. The van der Waals surface area contributed by atoms with E-state index in [1.807, 2.05) is 19.4 Å². The molecule has 110 valence electrons. The van der Waals surface area contributed by atoms with E-state index in [2.05, 4.69) is 35.0 Å². The number of anilines is 1. The normalized spacial score (nSPS) is 14.4. The van der Waals surface area contributed by atoms with Crippen LogP contribution in [0.25, 0.3) is 0 Å². The SMILES string of the molecule is CC(C)n1nc(C2CC2)cc1CNc1cnn(C)c1.Cl. The minimum Gasteiger partial charge on any atom is -0.377 e. The summed E-state index contributed by atoms with van der Waals surface area (Å²) < 4.78 is 3.94. The van der Waals surface area contributed by atoms with Gasteiger partial charge < -0.3 is 5.32 Å². The van der Waals surface area contributed by atoms with E-state index in [9.17, 15) is 0 Å². The topological polar surface area (TPSA) is 47.7 Å². The first-order valence-electron chi connectivity index (χ1n) is 6.94. The van der Waals surface area contributed by atoms with Crippen molar-refractivity contribution < 1.29 is 0 Å². The molecule has 2 aromatic rings. The van der Waals surface area contributed by atoms with Crippen molar-refractivity contribution in [2.45, 2.75) is 45.2 Å². The molecule has 2 heterocycles. The molecule has 2 aromatic heterocycles. The minimum atomic E-state index is 0. The fraction of sp³-hybridized carbons (Fsp3) is 0.571. The van der Waals surface area contributed by atoms with Crippen molar-refractivity contribution in [1.29, 1.82) is 0 Å². The van der Waals surface area contributed by atoms with Gasteiger partial charge in [-0.05, 0) is 32.8 Å². The maximum absolute atomic E-state index is 4.75. The molecule has 1 saturated carbocycles. The van der Waals surface area contributed by atoms with Crippen molar-refractivity contribution in [3.8, 4) is 0 Å². The molecule has 0 amide bonds. The van der Waals surface area contributed by atoms with Crippen LogP contribution in [0, 0.1) is 0 Å². The van der Waals surface area contributed by atoms with Gasteiger partial charge in [0, 0.05) is 25.2 Å². The molecular weight excluding hydrogens is 274 g/mol. The van der Waals surface area contributed by atoms with Crippen LogP contribution < -0.4 is 5.32 Å². The van der Waals surface area contributed by atoms with E-state index in [0.717, 1.165) is 12.2 Å². The summed E-state index contributed by atoms with van der Waals surface area (Å²) in [5, 5.41) is 12.3. The van der Waals surface area contributed by atoms with Crippen molar-refractivity contribution in [2.24, 2.45) is 7.05 Å². The lowest BCUT2D eigenvalue weighted by Crippen LogP contribution is -2.11. The van der Waals surface area contributed by atoms with E-state index in [1.165, 1.54) is 24.2 Å². The largest absolute Gasteiger partial charge is 0.377 e. The molecule has 0 radical (unpaired) electrons. The lowest BCUT2D eigenvalue weighted by Gasteiger charge is -2.11. The summed E-state index contributed by atoms with van der Waals surface area (Å²) in [6.45, 7) is 5.15. The molecule has 0 aromatic carbocycles. The fourth-order valence-corrected chi connectivity index (χ4v) is 2.32. The van der Waals surface area contributed by atoms with Crippen LogP contribution in [0.15, 0.2) is 18.5 Å². The first kappa shape index (κ1) is 14.9. The number of rotatable bonds is 5. The zero-order valence-corrected chi connectivity index (χ0v) is 13.0. The zero-order chi connectivity index (χ0) is 13.4. The molecule has 0 saturated heterocycles. The number of halogens is 1. The van der Waals surface area contributed by atoms with E-state index in [-0.39, 0.29) is 12.4 Å². The molecule has 3 rings (SSSR count). The molecule has 0 atom stereocenters. The highest BCUT2D eigenvalue weighted by Crippen LogP contribution is 2.39. The Morgan fingerprint density at radius 1 is 1.40 bits per heavy atom. The predicted molar refractivity (Wildman–Crippen MR) is 82.4 cm³/mol. The van der Waals surface area contributed by atoms with Crippen LogP contribution >= 0.6 is 12.4 Å². The van der Waals surface area contributed by atoms with E-state index in [1.54, 1.807) is 4.68 Å². The van der Waals surface area contributed by atoms with Crippen molar-refractivity contribution in [1.82, 2.24) is 19.6 Å². The van der Waals surface area contributed by atoms with Gasteiger partial charge in [0.05, 0.1) is 29.8 Å². The van der Waals surface area contributed by atoms with E-state index in [4.69, 9.17) is 5.10 Å². The quantitative estimate of drug-likeness (QED) is 0.922. The van der Waals surface area contributed by atoms with Gasteiger partial charge in [0.1, 0.15) is 0 Å². The van der Waals surface area contributed by atoms with Gasteiger partial charge >= 0.3 is 0 Å². The molecule has 1 fully saturated rings. The monoisotopic (exact) mass is 295 g/mol. The lowest BCUT2D eigenvalue weighted by atomic mass is 10.2. The summed E-state index contributed by atoms with van der Waals surface area (Å²) in [4.78, 5) is 0. The Balaban J connectivity index is 0.00000147. The highest BCUT2D eigenvalue weighted by molar-refractivity contribution is 5.85. The lowest BCUT2D eigenvalue weighted by molar-refractivity contribution is 0.507. The maximum Gasteiger partial charge on any atom is 0.0729 e. The molecule has 1 aliphatic carbocycles. The number of aryl methyl sites for hydroxylation is 1. The molecule has 6 heteroatoms. The second kappa shape index (κ2) is 5.87. The highest BCUT2D eigenvalue weighted by Gasteiger charge is 2.27. The molecule has 20 heavy (non-hydrogen) atoms. The van der Waals surface area contributed by atoms with Crippen LogP contribution in [0.1, 0.15) is 50.0 Å². The Kier molecular flexibility index (Phi) is 4.38. The Bertz CT molecular complexity index is 568. The van der Waals surface area contributed by atoms with Crippen molar-refractivity contribution >= 4 is 18.1 Å². The fourth-order valence-electron chi connectivity index (χ4n) is 2.32. The van der Waals surface area contributed by atoms with Gasteiger partial charge in [-0.15, -0.1) is 12.4 Å². The molecule has 1 N–H and O–H groups in total. The number of nitrogens with one attached hydrogen (secondary N) is 1. The summed E-state index contributed by atoms with van der Waals surface area (Å²) >= 11 is 0. The summed E-state index contributed by atoms with van der Waals surface area (Å²) in [6, 6.07) is 2.65. The Morgan fingerprint density at radius 2 is 2.15 bits per heavy atom. The number of hydrogen-bond acceptors (Lipinski definition) is 3. The van der Waals surface area contributed by atoms with Crippen molar-refractivity contribution in [2.75, 3.05) is 5.32 Å². The van der Waals surface area contributed by atoms with Gasteiger partial charge in [-0.2, -0.15) is 10.2 Å². The average Bonchev–Trinajstić information content (AvgIpc) is 2.99. The predicted octanol–water partition coefficient (Wildman–Crippen LogP) is 3.11. The summed E-state index contributed by atoms with van der Waals surface area (Å²) in [5.41, 5.74) is 3.56. The van der Waals surface area contributed by atoms with Gasteiger partial charge in [0.15, 0.2) is 0 Å². The summed E-state index contributed by atoms with van der Waals surface area (Å²) in [7, 11) is 1.93. The number of hydrogen-bond donors (Lipinski definition) is 1. The average molecular weight is 296 g/mol. The number of aromatic nitrogens is 4. The minimum absolute atomic E-state index is 0. The first-order valence-corrected chi connectivity index (χ1v) is 6.94. The molecule has 0 aliphatic heterocycles. The zero-order valence-electron chi connectivity index (χ0n) is 12.2. The van der Waals surface area contributed by atoms with Gasteiger partial charge in [0.2, 0.25) is 0 Å². The van der Waals surface area contributed by atoms with Crippen molar-refractivity contribution in [3.05, 3.63) is 29.8 Å². The van der Waals surface area contributed by atoms with Gasteiger partial charge in [-0.3, -0.25) is 9.36 Å². The third-order valence-electron chi connectivity index (χ3n) is 3.50. The van der Waals surface area contributed by atoms with Crippen LogP contribution in [-0.2, 0) is 13.6 Å². The van der Waals surface area contributed by atoms with Gasteiger partial charge in [-0.25, -0.2) is 0 Å². The molecular formula is C14H22ClN5. The Labute approximate surface area is 125 Å². The molecule has 0 spiro atoms. The van der Waals surface area contributed by atoms with Crippen LogP contribution in [0.5, 0.6) is 0 Å². The van der Waals surface area contributed by atoms with E-state index < -0.39 is 0 Å². The maximum atomic E-state index is 4.75.